The molecule has 0 aliphatic rings. The summed E-state index contributed by atoms with van der Waals surface area (Å²) in [5, 5.41) is 5.94. The van der Waals surface area contributed by atoms with Gasteiger partial charge in [0.05, 0.1) is 0 Å². The lowest BCUT2D eigenvalue weighted by atomic mass is 10.2. The first-order valence-electron chi connectivity index (χ1n) is 5.81. The van der Waals surface area contributed by atoms with Crippen molar-refractivity contribution >= 4 is 23.5 Å². The van der Waals surface area contributed by atoms with Gasteiger partial charge in [-0.1, -0.05) is 18.2 Å². The van der Waals surface area contributed by atoms with Gasteiger partial charge in [-0.15, -0.1) is 0 Å². The molecule has 1 heterocycles. The lowest BCUT2D eigenvalue weighted by Crippen LogP contribution is -2.09. The summed E-state index contributed by atoms with van der Waals surface area (Å²) in [6.45, 7) is 2.87. The Hall–Kier alpha value is -1.95. The molecule has 7 heteroatoms. The zero-order chi connectivity index (χ0) is 13.7. The molecule has 2 N–H and O–H groups in total. The first-order valence-corrected chi connectivity index (χ1v) is 6.19. The third-order valence-electron chi connectivity index (χ3n) is 2.34. The van der Waals surface area contributed by atoms with Crippen LogP contribution in [0.3, 0.4) is 0 Å². The summed E-state index contributed by atoms with van der Waals surface area (Å²) in [5.74, 6) is 0.416. The van der Waals surface area contributed by atoms with Gasteiger partial charge in [0.15, 0.2) is 0 Å². The first-order chi connectivity index (χ1) is 9.19. The summed E-state index contributed by atoms with van der Waals surface area (Å²) >= 11 is 5.78. The molecule has 0 aliphatic carbocycles. The average molecular weight is 282 g/mol. The molecule has 2 rings (SSSR count). The lowest BCUT2D eigenvalue weighted by molar-refractivity contribution is 0.612. The van der Waals surface area contributed by atoms with Crippen LogP contribution >= 0.6 is 11.6 Å². The molecular weight excluding hydrogens is 269 g/mol. The van der Waals surface area contributed by atoms with Crippen LogP contribution in [0.25, 0.3) is 0 Å². The molecule has 0 unspecified atom stereocenters. The van der Waals surface area contributed by atoms with Crippen molar-refractivity contribution in [2.24, 2.45) is 0 Å². The summed E-state index contributed by atoms with van der Waals surface area (Å²) in [7, 11) is 0. The van der Waals surface area contributed by atoms with Crippen LogP contribution < -0.4 is 10.6 Å². The molecule has 19 heavy (non-hydrogen) atoms. The summed E-state index contributed by atoms with van der Waals surface area (Å²) in [6, 6.07) is 6.50. The molecule has 0 aliphatic heterocycles. The van der Waals surface area contributed by atoms with Crippen molar-refractivity contribution in [2.75, 3.05) is 17.2 Å². The minimum Gasteiger partial charge on any atom is -0.354 e. The van der Waals surface area contributed by atoms with Crippen LogP contribution in [-0.2, 0) is 6.54 Å². The third kappa shape index (κ3) is 3.75. The van der Waals surface area contributed by atoms with Gasteiger partial charge in [0.1, 0.15) is 5.82 Å². The van der Waals surface area contributed by atoms with Gasteiger partial charge in [0, 0.05) is 18.7 Å². The highest BCUT2D eigenvalue weighted by Crippen LogP contribution is 2.12. The lowest BCUT2D eigenvalue weighted by Gasteiger charge is -2.07. The molecule has 1 aromatic heterocycles. The number of rotatable bonds is 5. The minimum absolute atomic E-state index is 0.0852. The number of aromatic nitrogens is 3. The highest BCUT2D eigenvalue weighted by Gasteiger charge is 2.05. The van der Waals surface area contributed by atoms with E-state index >= 15 is 0 Å². The van der Waals surface area contributed by atoms with E-state index in [-0.39, 0.29) is 17.6 Å². The normalized spacial score (nSPS) is 10.3. The first kappa shape index (κ1) is 13.5. The maximum atomic E-state index is 13.4. The van der Waals surface area contributed by atoms with Crippen LogP contribution in [0.1, 0.15) is 12.5 Å². The van der Waals surface area contributed by atoms with Gasteiger partial charge in [-0.2, -0.15) is 15.0 Å². The van der Waals surface area contributed by atoms with E-state index < -0.39 is 0 Å². The predicted molar refractivity (Wildman–Crippen MR) is 72.7 cm³/mol. The summed E-state index contributed by atoms with van der Waals surface area (Å²) in [4.78, 5) is 12.0. The second-order valence-corrected chi connectivity index (χ2v) is 4.07. The van der Waals surface area contributed by atoms with Gasteiger partial charge in [-0.05, 0) is 24.6 Å². The summed E-state index contributed by atoms with van der Waals surface area (Å²) < 4.78 is 13.4. The van der Waals surface area contributed by atoms with Crippen molar-refractivity contribution in [3.05, 3.63) is 40.9 Å². The SMILES string of the molecule is CCNc1nc(Cl)nc(NCc2ccccc2F)n1. The van der Waals surface area contributed by atoms with E-state index in [1.54, 1.807) is 18.2 Å². The van der Waals surface area contributed by atoms with Crippen LogP contribution in [0.2, 0.25) is 5.28 Å². The molecule has 0 atom stereocenters. The van der Waals surface area contributed by atoms with Crippen molar-refractivity contribution in [1.82, 2.24) is 15.0 Å². The summed E-state index contributed by atoms with van der Waals surface area (Å²) in [5.41, 5.74) is 0.532. The number of benzene rings is 1. The Kier molecular flexibility index (Phi) is 4.46. The Morgan fingerprint density at radius 1 is 1.11 bits per heavy atom. The van der Waals surface area contributed by atoms with E-state index in [1.165, 1.54) is 6.07 Å². The molecule has 0 spiro atoms. The van der Waals surface area contributed by atoms with Crippen molar-refractivity contribution in [3.8, 4) is 0 Å². The fourth-order valence-electron chi connectivity index (χ4n) is 1.48. The van der Waals surface area contributed by atoms with E-state index in [2.05, 4.69) is 25.6 Å². The molecule has 100 valence electrons. The highest BCUT2D eigenvalue weighted by molar-refractivity contribution is 6.28. The highest BCUT2D eigenvalue weighted by atomic mass is 35.5. The fourth-order valence-corrected chi connectivity index (χ4v) is 1.64. The number of hydrogen-bond donors (Lipinski definition) is 2. The van der Waals surface area contributed by atoms with Crippen molar-refractivity contribution in [2.45, 2.75) is 13.5 Å². The monoisotopic (exact) mass is 281 g/mol. The number of hydrogen-bond acceptors (Lipinski definition) is 5. The Bertz CT molecular complexity index is 564. The van der Waals surface area contributed by atoms with E-state index in [0.717, 1.165) is 0 Å². The van der Waals surface area contributed by atoms with Crippen LogP contribution in [0.5, 0.6) is 0 Å². The quantitative estimate of drug-likeness (QED) is 0.882. The van der Waals surface area contributed by atoms with Gasteiger partial charge in [-0.3, -0.25) is 0 Å². The molecule has 0 amide bonds. The number of anilines is 2. The zero-order valence-electron chi connectivity index (χ0n) is 10.3. The van der Waals surface area contributed by atoms with Crippen molar-refractivity contribution in [1.29, 1.82) is 0 Å². The summed E-state index contributed by atoms with van der Waals surface area (Å²) in [6.07, 6.45) is 0. The Balaban J connectivity index is 2.09. The van der Waals surface area contributed by atoms with Crippen LogP contribution in [0, 0.1) is 5.82 Å². The Morgan fingerprint density at radius 2 is 1.79 bits per heavy atom. The Morgan fingerprint density at radius 3 is 2.47 bits per heavy atom. The minimum atomic E-state index is -0.276. The van der Waals surface area contributed by atoms with Crippen molar-refractivity contribution < 1.29 is 4.39 Å². The molecule has 0 radical (unpaired) electrons. The zero-order valence-corrected chi connectivity index (χ0v) is 11.1. The maximum absolute atomic E-state index is 13.4. The Labute approximate surface area is 115 Å². The average Bonchev–Trinajstić information content (AvgIpc) is 2.37. The smallest absolute Gasteiger partial charge is 0.229 e. The second-order valence-electron chi connectivity index (χ2n) is 3.73. The molecule has 5 nitrogen and oxygen atoms in total. The molecular formula is C12H13ClFN5. The van der Waals surface area contributed by atoms with E-state index in [1.807, 2.05) is 6.92 Å². The number of nitrogens with zero attached hydrogens (tertiary/aromatic N) is 3. The van der Waals surface area contributed by atoms with Crippen LogP contribution in [0.4, 0.5) is 16.3 Å². The van der Waals surface area contributed by atoms with Gasteiger partial charge in [0.25, 0.3) is 0 Å². The molecule has 0 bridgehead atoms. The number of halogens is 2. The molecule has 0 saturated heterocycles. The molecule has 0 fully saturated rings. The van der Waals surface area contributed by atoms with Gasteiger partial charge in [0.2, 0.25) is 17.2 Å². The fraction of sp³-hybridized carbons (Fsp3) is 0.250. The largest absolute Gasteiger partial charge is 0.354 e. The van der Waals surface area contributed by atoms with Crippen LogP contribution in [0.15, 0.2) is 24.3 Å². The number of nitrogens with one attached hydrogen (secondary N) is 2. The van der Waals surface area contributed by atoms with Gasteiger partial charge < -0.3 is 10.6 Å². The molecule has 2 aromatic rings. The third-order valence-corrected chi connectivity index (χ3v) is 2.51. The predicted octanol–water partition coefficient (Wildman–Crippen LogP) is 2.71. The van der Waals surface area contributed by atoms with E-state index in [4.69, 9.17) is 11.6 Å². The van der Waals surface area contributed by atoms with E-state index in [0.29, 0.717) is 24.0 Å². The maximum Gasteiger partial charge on any atom is 0.229 e. The topological polar surface area (TPSA) is 62.7 Å². The molecule has 0 saturated carbocycles. The van der Waals surface area contributed by atoms with Gasteiger partial charge in [-0.25, -0.2) is 4.39 Å². The van der Waals surface area contributed by atoms with E-state index in [9.17, 15) is 4.39 Å². The van der Waals surface area contributed by atoms with Crippen molar-refractivity contribution in [3.63, 3.8) is 0 Å². The standard InChI is InChI=1S/C12H13ClFN5/c1-2-15-11-17-10(13)18-12(19-11)16-7-8-5-3-4-6-9(8)14/h3-6H,2,7H2,1H3,(H2,15,16,17,18,19). The second kappa shape index (κ2) is 6.29. The van der Waals surface area contributed by atoms with Gasteiger partial charge >= 0.3 is 0 Å². The van der Waals surface area contributed by atoms with Crippen LogP contribution in [-0.4, -0.2) is 21.5 Å². The molecule has 1 aromatic carbocycles.